The molecule has 0 amide bonds. The molecule has 84 valence electrons. The Kier molecular flexibility index (Phi) is 3.71. The average Bonchev–Trinajstić information content (AvgIpc) is 2.62. The van der Waals surface area contributed by atoms with Crippen LogP contribution in [0.25, 0.3) is 0 Å². The van der Waals surface area contributed by atoms with Crippen molar-refractivity contribution in [2.75, 3.05) is 20.6 Å². The third-order valence-corrected chi connectivity index (χ3v) is 2.56. The number of nitrogens with zero attached hydrogens (tertiary/aromatic N) is 1. The third-order valence-electron chi connectivity index (χ3n) is 2.56. The van der Waals surface area contributed by atoms with Gasteiger partial charge in [-0.25, -0.2) is 0 Å². The zero-order valence-electron chi connectivity index (χ0n) is 9.13. The number of likely N-dealkylation sites (N-methyl/N-ethyl adjacent to an activating group) is 1. The normalized spacial score (nSPS) is 15.3. The van der Waals surface area contributed by atoms with Crippen molar-refractivity contribution in [1.82, 2.24) is 10.2 Å². The number of carboxylic acid groups (broad SMARTS) is 1. The molecule has 1 rings (SSSR count). The van der Waals surface area contributed by atoms with E-state index in [1.807, 2.05) is 7.05 Å². The number of amidine groups is 1. The lowest BCUT2D eigenvalue weighted by atomic mass is 10.2. The number of carboxylic acids is 1. The summed E-state index contributed by atoms with van der Waals surface area (Å²) in [7, 11) is 3.47. The van der Waals surface area contributed by atoms with Crippen LogP contribution >= 0.6 is 0 Å². The van der Waals surface area contributed by atoms with Gasteiger partial charge in [-0.15, -0.1) is 0 Å². The summed E-state index contributed by atoms with van der Waals surface area (Å²) in [6, 6.07) is 0. The minimum Gasteiger partial charge on any atom is -0.480 e. The maximum absolute atomic E-state index is 10.5. The van der Waals surface area contributed by atoms with Gasteiger partial charge in [0.15, 0.2) is 0 Å². The monoisotopic (exact) mass is 211 g/mol. The molecule has 0 saturated heterocycles. The van der Waals surface area contributed by atoms with Gasteiger partial charge in [0.1, 0.15) is 12.4 Å². The zero-order chi connectivity index (χ0) is 11.4. The summed E-state index contributed by atoms with van der Waals surface area (Å²) in [5.41, 5.74) is 2.01. The van der Waals surface area contributed by atoms with Crippen LogP contribution in [0, 0.1) is 5.41 Å². The molecule has 1 aliphatic rings. The second kappa shape index (κ2) is 4.82. The van der Waals surface area contributed by atoms with Gasteiger partial charge in [-0.3, -0.25) is 10.2 Å². The van der Waals surface area contributed by atoms with Crippen molar-refractivity contribution in [3.63, 3.8) is 0 Å². The Hall–Kier alpha value is -1.52. The number of carbonyl (C=O) groups is 1. The average molecular weight is 211 g/mol. The van der Waals surface area contributed by atoms with Crippen LogP contribution < -0.4 is 5.32 Å². The smallest absolute Gasteiger partial charge is 0.323 e. The highest BCUT2D eigenvalue weighted by atomic mass is 16.4. The van der Waals surface area contributed by atoms with E-state index >= 15 is 0 Å². The SMILES string of the molecule is CNC1=C(C(=N)N(C)CC(=O)O)CCC1. The molecule has 0 spiro atoms. The fourth-order valence-corrected chi connectivity index (χ4v) is 1.79. The lowest BCUT2D eigenvalue weighted by Gasteiger charge is -2.19. The van der Waals surface area contributed by atoms with Gasteiger partial charge in [-0.05, 0) is 19.3 Å². The van der Waals surface area contributed by atoms with Gasteiger partial charge < -0.3 is 15.3 Å². The van der Waals surface area contributed by atoms with E-state index in [9.17, 15) is 4.79 Å². The largest absolute Gasteiger partial charge is 0.480 e. The molecule has 0 fully saturated rings. The summed E-state index contributed by atoms with van der Waals surface area (Å²) in [5.74, 6) is -0.592. The van der Waals surface area contributed by atoms with Crippen LogP contribution in [0.2, 0.25) is 0 Å². The van der Waals surface area contributed by atoms with Crippen LogP contribution in [0.15, 0.2) is 11.3 Å². The maximum Gasteiger partial charge on any atom is 0.323 e. The van der Waals surface area contributed by atoms with Crippen molar-refractivity contribution >= 4 is 11.8 Å². The maximum atomic E-state index is 10.5. The van der Waals surface area contributed by atoms with Gasteiger partial charge in [0.25, 0.3) is 0 Å². The Morgan fingerprint density at radius 3 is 2.80 bits per heavy atom. The standard InChI is InChI=1S/C10H17N3O2/c1-12-8-5-3-4-7(8)10(11)13(2)6-9(14)15/h11-12H,3-6H2,1-2H3,(H,14,15). The lowest BCUT2D eigenvalue weighted by molar-refractivity contribution is -0.137. The first-order valence-electron chi connectivity index (χ1n) is 4.98. The molecular formula is C10H17N3O2. The van der Waals surface area contributed by atoms with Crippen LogP contribution in [0.1, 0.15) is 19.3 Å². The molecule has 0 heterocycles. The van der Waals surface area contributed by atoms with Crippen molar-refractivity contribution in [3.8, 4) is 0 Å². The first-order valence-corrected chi connectivity index (χ1v) is 4.98. The van der Waals surface area contributed by atoms with Gasteiger partial charge in [-0.2, -0.15) is 0 Å². The molecule has 0 atom stereocenters. The topological polar surface area (TPSA) is 76.4 Å². The molecule has 0 aromatic rings. The quantitative estimate of drug-likeness (QED) is 0.471. The minimum atomic E-state index is -0.910. The highest BCUT2D eigenvalue weighted by Crippen LogP contribution is 2.25. The molecule has 0 aromatic carbocycles. The first kappa shape index (κ1) is 11.6. The molecule has 0 aliphatic heterocycles. The summed E-state index contributed by atoms with van der Waals surface area (Å²) < 4.78 is 0. The molecule has 0 saturated carbocycles. The second-order valence-corrected chi connectivity index (χ2v) is 3.66. The summed E-state index contributed by atoms with van der Waals surface area (Å²) in [6.07, 6.45) is 2.85. The molecule has 0 aromatic heterocycles. The van der Waals surface area contributed by atoms with Crippen molar-refractivity contribution in [2.24, 2.45) is 0 Å². The van der Waals surface area contributed by atoms with E-state index in [1.165, 1.54) is 4.90 Å². The second-order valence-electron chi connectivity index (χ2n) is 3.66. The van der Waals surface area contributed by atoms with Crippen molar-refractivity contribution < 1.29 is 9.90 Å². The van der Waals surface area contributed by atoms with E-state index in [2.05, 4.69) is 5.32 Å². The Bertz CT molecular complexity index is 310. The Balaban J connectivity index is 2.71. The van der Waals surface area contributed by atoms with Gasteiger partial charge in [0, 0.05) is 25.4 Å². The van der Waals surface area contributed by atoms with E-state index in [4.69, 9.17) is 10.5 Å². The van der Waals surface area contributed by atoms with E-state index in [0.717, 1.165) is 30.5 Å². The Morgan fingerprint density at radius 2 is 2.27 bits per heavy atom. The molecule has 5 heteroatoms. The summed E-state index contributed by atoms with van der Waals surface area (Å²) in [6.45, 7) is -0.126. The zero-order valence-corrected chi connectivity index (χ0v) is 9.13. The van der Waals surface area contributed by atoms with Crippen LogP contribution in [0.4, 0.5) is 0 Å². The van der Waals surface area contributed by atoms with Gasteiger partial charge in [0.05, 0.1) is 0 Å². The molecule has 5 nitrogen and oxygen atoms in total. The third kappa shape index (κ3) is 2.71. The highest BCUT2D eigenvalue weighted by molar-refractivity contribution is 5.98. The van der Waals surface area contributed by atoms with E-state index in [1.54, 1.807) is 7.05 Å². The molecule has 1 aliphatic carbocycles. The molecule has 3 N–H and O–H groups in total. The fraction of sp³-hybridized carbons (Fsp3) is 0.600. The van der Waals surface area contributed by atoms with Crippen LogP contribution in [-0.4, -0.2) is 42.5 Å². The lowest BCUT2D eigenvalue weighted by Crippen LogP contribution is -2.33. The van der Waals surface area contributed by atoms with Crippen molar-refractivity contribution in [1.29, 1.82) is 5.41 Å². The summed E-state index contributed by atoms with van der Waals surface area (Å²) in [4.78, 5) is 12.0. The Morgan fingerprint density at radius 1 is 1.60 bits per heavy atom. The number of nitrogens with one attached hydrogen (secondary N) is 2. The number of aliphatic carboxylic acids is 1. The highest BCUT2D eigenvalue weighted by Gasteiger charge is 2.20. The molecule has 0 radical (unpaired) electrons. The van der Waals surface area contributed by atoms with Gasteiger partial charge in [0.2, 0.25) is 0 Å². The molecule has 15 heavy (non-hydrogen) atoms. The Labute approximate surface area is 89.3 Å². The van der Waals surface area contributed by atoms with Gasteiger partial charge in [-0.1, -0.05) is 0 Å². The predicted octanol–water partition coefficient (Wildman–Crippen LogP) is 0.637. The number of allylic oxidation sites excluding steroid dienone is 1. The van der Waals surface area contributed by atoms with Crippen LogP contribution in [-0.2, 0) is 4.79 Å². The summed E-state index contributed by atoms with van der Waals surface area (Å²) >= 11 is 0. The molecular weight excluding hydrogens is 194 g/mol. The van der Waals surface area contributed by atoms with E-state index < -0.39 is 5.97 Å². The number of hydrogen-bond acceptors (Lipinski definition) is 3. The van der Waals surface area contributed by atoms with E-state index in [-0.39, 0.29) is 6.54 Å². The minimum absolute atomic E-state index is 0.126. The predicted molar refractivity (Wildman–Crippen MR) is 57.9 cm³/mol. The molecule has 0 bridgehead atoms. The molecule has 0 unspecified atom stereocenters. The van der Waals surface area contributed by atoms with E-state index in [0.29, 0.717) is 5.84 Å². The summed E-state index contributed by atoms with van der Waals surface area (Å²) in [5, 5.41) is 19.6. The fourth-order valence-electron chi connectivity index (χ4n) is 1.79. The van der Waals surface area contributed by atoms with Crippen molar-refractivity contribution in [2.45, 2.75) is 19.3 Å². The number of rotatable bonds is 4. The van der Waals surface area contributed by atoms with Crippen molar-refractivity contribution in [3.05, 3.63) is 11.3 Å². The van der Waals surface area contributed by atoms with Crippen LogP contribution in [0.3, 0.4) is 0 Å². The van der Waals surface area contributed by atoms with Crippen LogP contribution in [0.5, 0.6) is 0 Å². The first-order chi connectivity index (χ1) is 7.06. The number of hydrogen-bond donors (Lipinski definition) is 3. The van der Waals surface area contributed by atoms with Gasteiger partial charge >= 0.3 is 5.97 Å².